The van der Waals surface area contributed by atoms with Gasteiger partial charge in [-0.15, -0.1) is 5.10 Å². The Morgan fingerprint density at radius 1 is 1.20 bits per heavy atom. The third-order valence-electron chi connectivity index (χ3n) is 2.72. The SMILES string of the molecule is N#Cc1ccc2nnn(OC(=O)c3ccccc3)c2c1. The van der Waals surface area contributed by atoms with E-state index >= 15 is 0 Å². The Balaban J connectivity index is 1.95. The third kappa shape index (κ3) is 2.08. The highest BCUT2D eigenvalue weighted by Crippen LogP contribution is 2.12. The molecular formula is C14H8N4O2. The molecule has 0 saturated carbocycles. The highest BCUT2D eigenvalue weighted by molar-refractivity contribution is 5.90. The van der Waals surface area contributed by atoms with Crippen LogP contribution >= 0.6 is 0 Å². The number of hydrogen-bond acceptors (Lipinski definition) is 5. The van der Waals surface area contributed by atoms with Crippen LogP contribution in [-0.4, -0.2) is 21.1 Å². The summed E-state index contributed by atoms with van der Waals surface area (Å²) in [7, 11) is 0. The van der Waals surface area contributed by atoms with Crippen molar-refractivity contribution >= 4 is 17.0 Å². The molecule has 0 radical (unpaired) electrons. The Kier molecular flexibility index (Phi) is 2.86. The van der Waals surface area contributed by atoms with E-state index in [2.05, 4.69) is 10.3 Å². The van der Waals surface area contributed by atoms with Gasteiger partial charge in [0.1, 0.15) is 11.0 Å². The van der Waals surface area contributed by atoms with Crippen molar-refractivity contribution < 1.29 is 9.63 Å². The van der Waals surface area contributed by atoms with Gasteiger partial charge in [-0.1, -0.05) is 23.0 Å². The lowest BCUT2D eigenvalue weighted by Gasteiger charge is -2.03. The number of nitrogens with zero attached hydrogens (tertiary/aromatic N) is 4. The lowest BCUT2D eigenvalue weighted by molar-refractivity contribution is 0.0409. The van der Waals surface area contributed by atoms with Gasteiger partial charge in [0, 0.05) is 0 Å². The molecule has 1 aromatic heterocycles. The number of hydrogen-bond donors (Lipinski definition) is 0. The van der Waals surface area contributed by atoms with Crippen LogP contribution in [0, 0.1) is 11.3 Å². The van der Waals surface area contributed by atoms with Crippen LogP contribution in [0.5, 0.6) is 0 Å². The highest BCUT2D eigenvalue weighted by atomic mass is 16.7. The summed E-state index contributed by atoms with van der Waals surface area (Å²) in [5.74, 6) is -0.542. The summed E-state index contributed by atoms with van der Waals surface area (Å²) < 4.78 is 0. The molecule has 0 unspecified atom stereocenters. The van der Waals surface area contributed by atoms with E-state index in [1.807, 2.05) is 6.07 Å². The summed E-state index contributed by atoms with van der Waals surface area (Å²) in [5.41, 5.74) is 1.86. The molecule has 96 valence electrons. The monoisotopic (exact) mass is 264 g/mol. The fraction of sp³-hybridized carbons (Fsp3) is 0. The van der Waals surface area contributed by atoms with Crippen molar-refractivity contribution in [2.24, 2.45) is 0 Å². The number of fused-ring (bicyclic) bond motifs is 1. The molecule has 20 heavy (non-hydrogen) atoms. The average Bonchev–Trinajstić information content (AvgIpc) is 2.90. The minimum Gasteiger partial charge on any atom is -0.312 e. The predicted octanol–water partition coefficient (Wildman–Crippen LogP) is 1.57. The van der Waals surface area contributed by atoms with Crippen LogP contribution in [0.25, 0.3) is 11.0 Å². The third-order valence-corrected chi connectivity index (χ3v) is 2.72. The van der Waals surface area contributed by atoms with Gasteiger partial charge < -0.3 is 4.84 Å². The standard InChI is InChI=1S/C14H8N4O2/c15-9-10-6-7-12-13(8-10)18(17-16-12)20-14(19)11-4-2-1-3-5-11/h1-8H. The van der Waals surface area contributed by atoms with Gasteiger partial charge in [-0.3, -0.25) is 0 Å². The maximum atomic E-state index is 11.9. The molecule has 0 aliphatic rings. The molecule has 0 aliphatic carbocycles. The van der Waals surface area contributed by atoms with Gasteiger partial charge in [-0.25, -0.2) is 4.79 Å². The van der Waals surface area contributed by atoms with Crippen molar-refractivity contribution in [3.8, 4) is 6.07 Å². The van der Waals surface area contributed by atoms with E-state index in [1.54, 1.807) is 48.5 Å². The number of carbonyl (C=O) groups is 1. The summed E-state index contributed by atoms with van der Waals surface area (Å²) in [4.78, 5) is 18.1. The van der Waals surface area contributed by atoms with Gasteiger partial charge in [0.25, 0.3) is 0 Å². The minimum absolute atomic E-state index is 0.410. The quantitative estimate of drug-likeness (QED) is 0.656. The molecule has 0 amide bonds. The molecule has 6 nitrogen and oxygen atoms in total. The second kappa shape index (κ2) is 4.82. The normalized spacial score (nSPS) is 10.2. The van der Waals surface area contributed by atoms with Crippen LogP contribution in [0.15, 0.2) is 48.5 Å². The molecule has 3 rings (SSSR count). The molecule has 3 aromatic rings. The molecule has 0 saturated heterocycles. The number of benzene rings is 2. The fourth-order valence-corrected chi connectivity index (χ4v) is 1.74. The van der Waals surface area contributed by atoms with E-state index < -0.39 is 5.97 Å². The van der Waals surface area contributed by atoms with Crippen molar-refractivity contribution in [2.75, 3.05) is 0 Å². The van der Waals surface area contributed by atoms with Crippen LogP contribution in [0.4, 0.5) is 0 Å². The zero-order valence-corrected chi connectivity index (χ0v) is 10.2. The number of carbonyl (C=O) groups excluding carboxylic acids is 1. The van der Waals surface area contributed by atoms with E-state index in [4.69, 9.17) is 10.1 Å². The van der Waals surface area contributed by atoms with Crippen LogP contribution in [0.3, 0.4) is 0 Å². The van der Waals surface area contributed by atoms with Gasteiger partial charge in [0.15, 0.2) is 0 Å². The molecule has 0 aliphatic heterocycles. The first-order valence-corrected chi connectivity index (χ1v) is 5.81. The number of aromatic nitrogens is 3. The van der Waals surface area contributed by atoms with Crippen molar-refractivity contribution in [1.29, 1.82) is 5.26 Å². The Morgan fingerprint density at radius 2 is 2.00 bits per heavy atom. The zero-order chi connectivity index (χ0) is 13.9. The highest BCUT2D eigenvalue weighted by Gasteiger charge is 2.12. The van der Waals surface area contributed by atoms with Gasteiger partial charge in [-0.2, -0.15) is 5.26 Å². The summed E-state index contributed by atoms with van der Waals surface area (Å²) in [6, 6.07) is 15.4. The predicted molar refractivity (Wildman–Crippen MR) is 69.6 cm³/mol. The Morgan fingerprint density at radius 3 is 2.75 bits per heavy atom. The van der Waals surface area contributed by atoms with Crippen molar-refractivity contribution in [1.82, 2.24) is 15.2 Å². The van der Waals surface area contributed by atoms with Gasteiger partial charge in [0.05, 0.1) is 17.2 Å². The zero-order valence-electron chi connectivity index (χ0n) is 10.2. The molecule has 0 fully saturated rings. The molecule has 0 atom stereocenters. The fourth-order valence-electron chi connectivity index (χ4n) is 1.74. The second-order valence-corrected chi connectivity index (χ2v) is 4.02. The van der Waals surface area contributed by atoms with Crippen molar-refractivity contribution in [3.05, 3.63) is 59.7 Å². The Hall–Kier alpha value is -3.20. The molecule has 0 N–H and O–H groups in total. The van der Waals surface area contributed by atoms with E-state index in [0.29, 0.717) is 22.2 Å². The van der Waals surface area contributed by atoms with E-state index in [-0.39, 0.29) is 0 Å². The lowest BCUT2D eigenvalue weighted by Crippen LogP contribution is -2.20. The van der Waals surface area contributed by atoms with Crippen molar-refractivity contribution in [2.45, 2.75) is 0 Å². The average molecular weight is 264 g/mol. The van der Waals surface area contributed by atoms with Crippen molar-refractivity contribution in [3.63, 3.8) is 0 Å². The summed E-state index contributed by atoms with van der Waals surface area (Å²) in [6.07, 6.45) is 0. The van der Waals surface area contributed by atoms with Crippen LogP contribution in [-0.2, 0) is 0 Å². The topological polar surface area (TPSA) is 80.8 Å². The van der Waals surface area contributed by atoms with Gasteiger partial charge >= 0.3 is 5.97 Å². The summed E-state index contributed by atoms with van der Waals surface area (Å²) in [5, 5.41) is 16.5. The number of rotatable bonds is 2. The van der Waals surface area contributed by atoms with E-state index in [1.165, 1.54) is 0 Å². The maximum Gasteiger partial charge on any atom is 0.365 e. The molecule has 2 aromatic carbocycles. The first-order chi connectivity index (χ1) is 9.78. The van der Waals surface area contributed by atoms with E-state index in [0.717, 1.165) is 4.85 Å². The first-order valence-electron chi connectivity index (χ1n) is 5.81. The summed E-state index contributed by atoms with van der Waals surface area (Å²) in [6.45, 7) is 0. The van der Waals surface area contributed by atoms with E-state index in [9.17, 15) is 4.79 Å². The van der Waals surface area contributed by atoms with Crippen LogP contribution in [0.1, 0.15) is 15.9 Å². The van der Waals surface area contributed by atoms with Gasteiger partial charge in [-0.05, 0) is 35.5 Å². The summed E-state index contributed by atoms with van der Waals surface area (Å²) >= 11 is 0. The maximum absolute atomic E-state index is 11.9. The molecular weight excluding hydrogens is 256 g/mol. The number of nitriles is 1. The van der Waals surface area contributed by atoms with Gasteiger partial charge in [0.2, 0.25) is 0 Å². The largest absolute Gasteiger partial charge is 0.365 e. The molecule has 1 heterocycles. The van der Waals surface area contributed by atoms with Crippen LogP contribution < -0.4 is 4.84 Å². The second-order valence-electron chi connectivity index (χ2n) is 4.02. The molecule has 0 spiro atoms. The molecule has 6 heteroatoms. The first kappa shape index (κ1) is 11.9. The minimum atomic E-state index is -0.542. The lowest BCUT2D eigenvalue weighted by atomic mass is 10.2. The Labute approximate surface area is 113 Å². The van der Waals surface area contributed by atoms with Crippen LogP contribution in [0.2, 0.25) is 0 Å². The molecule has 0 bridgehead atoms. The smallest absolute Gasteiger partial charge is 0.312 e. The Bertz CT molecular complexity index is 818.